The van der Waals surface area contributed by atoms with Gasteiger partial charge >= 0.3 is 0 Å². The van der Waals surface area contributed by atoms with Crippen LogP contribution < -0.4 is 14.5 Å². The summed E-state index contributed by atoms with van der Waals surface area (Å²) >= 11 is 0. The number of pyridine rings is 1. The van der Waals surface area contributed by atoms with Crippen molar-refractivity contribution < 1.29 is 25.8 Å². The molecule has 0 spiro atoms. The van der Waals surface area contributed by atoms with Crippen LogP contribution >= 0.6 is 0 Å². The van der Waals surface area contributed by atoms with E-state index in [0.29, 0.717) is 11.5 Å². The number of hydrogen-bond acceptors (Lipinski definition) is 4. The summed E-state index contributed by atoms with van der Waals surface area (Å²) in [6.07, 6.45) is 4.20. The molecule has 0 N–H and O–H groups in total. The summed E-state index contributed by atoms with van der Waals surface area (Å²) < 4.78 is 9.43. The van der Waals surface area contributed by atoms with Crippen LogP contribution in [0.4, 0.5) is 11.4 Å². The third-order valence-electron chi connectivity index (χ3n) is 15.5. The Bertz CT molecular complexity index is 3610. The molecule has 77 heavy (non-hydrogen) atoms. The van der Waals surface area contributed by atoms with Crippen LogP contribution in [0.25, 0.3) is 44.4 Å². The molecule has 0 saturated heterocycles. The summed E-state index contributed by atoms with van der Waals surface area (Å²) in [4.78, 5) is 9.59. The van der Waals surface area contributed by atoms with Crippen molar-refractivity contribution in [3.8, 4) is 28.4 Å². The van der Waals surface area contributed by atoms with Gasteiger partial charge in [0.1, 0.15) is 5.82 Å². The molecule has 0 radical (unpaired) electrons. The maximum atomic E-state index is 7.17. The first-order valence-corrected chi connectivity index (χ1v) is 27.2. The molecule has 0 fully saturated rings. The molecule has 3 heterocycles. The Labute approximate surface area is 474 Å². The van der Waals surface area contributed by atoms with Crippen LogP contribution in [0, 0.1) is 18.8 Å². The van der Waals surface area contributed by atoms with E-state index in [4.69, 9.17) is 9.72 Å². The Morgan fingerprint density at radius 1 is 0.519 bits per heavy atom. The van der Waals surface area contributed by atoms with Gasteiger partial charge < -0.3 is 19.1 Å². The SMILES string of the molecule is CC(C)c1cccc(C(C)C)c1-c1cc(Oc2[c-]c3c(cc2)c2cc(C(C)(C)C)ccc2n3-c2cc(C(C)(C)C)ccn2)[c-]c(N2[CH-]N(c3cc(C(C)(C)C)cc(C(C)(C)c4ccccc4)c3)C=C2c2ccccc2)c1.[Pt]. The molecule has 0 atom stereocenters. The van der Waals surface area contributed by atoms with E-state index < -0.39 is 0 Å². The van der Waals surface area contributed by atoms with Crippen molar-refractivity contribution in [2.45, 2.75) is 137 Å². The average Bonchev–Trinajstić information content (AvgIpc) is 4.04. The fraction of sp³-hybridized carbons (Fsp3) is 0.296. The first-order valence-electron chi connectivity index (χ1n) is 27.2. The molecule has 1 aliphatic heterocycles. The van der Waals surface area contributed by atoms with Gasteiger partial charge in [0.2, 0.25) is 0 Å². The van der Waals surface area contributed by atoms with E-state index >= 15 is 0 Å². The zero-order chi connectivity index (χ0) is 54.1. The quantitative estimate of drug-likeness (QED) is 0.121. The maximum Gasteiger partial charge on any atom is 0.135 e. The molecular weight excluding hydrogens is 1120 g/mol. The number of anilines is 2. The van der Waals surface area contributed by atoms with Gasteiger partial charge in [-0.2, -0.15) is 6.07 Å². The molecule has 10 rings (SSSR count). The summed E-state index contributed by atoms with van der Waals surface area (Å²) in [6, 6.07) is 63.0. The standard InChI is InChI=1S/C71H75N4O.Pt/c1-46(2)59-27-22-28-60(47(3)4)67(59)49-35-56(74-45-73(44-65(74)48-23-18-16-19-24-48)55-38-53(70(11,12)13)37-54(39-55)71(14,15)50-25-20-17-21-26-50)42-58(36-49)76-57-30-31-61-62-40-51(68(5,6)7)29-32-63(62)75(64(61)43-57)66-41-52(33-34-72-66)69(8,9)10;/h16-41,44-47H,1-15H3;/q-3;. The zero-order valence-electron chi connectivity index (χ0n) is 47.8. The van der Waals surface area contributed by atoms with Crippen LogP contribution in [0.5, 0.6) is 11.5 Å². The molecule has 0 amide bonds. The molecule has 5 nitrogen and oxygen atoms in total. The Balaban J connectivity index is 0.00000722. The van der Waals surface area contributed by atoms with E-state index in [1.807, 2.05) is 6.20 Å². The predicted octanol–water partition coefficient (Wildman–Crippen LogP) is 19.1. The Morgan fingerprint density at radius 2 is 1.14 bits per heavy atom. The van der Waals surface area contributed by atoms with Gasteiger partial charge in [0.05, 0.1) is 0 Å². The van der Waals surface area contributed by atoms with E-state index in [9.17, 15) is 0 Å². The Kier molecular flexibility index (Phi) is 15.0. The molecule has 398 valence electrons. The zero-order valence-corrected chi connectivity index (χ0v) is 50.1. The van der Waals surface area contributed by atoms with Gasteiger partial charge in [-0.05, 0) is 120 Å². The fourth-order valence-corrected chi connectivity index (χ4v) is 10.7. The maximum absolute atomic E-state index is 7.17. The molecule has 1 aliphatic rings. The van der Waals surface area contributed by atoms with Crippen LogP contribution in [0.1, 0.15) is 160 Å². The third-order valence-corrected chi connectivity index (χ3v) is 15.5. The van der Waals surface area contributed by atoms with E-state index in [2.05, 4.69) is 295 Å². The van der Waals surface area contributed by atoms with E-state index in [0.717, 1.165) is 55.8 Å². The van der Waals surface area contributed by atoms with Crippen molar-refractivity contribution in [3.63, 3.8) is 0 Å². The number of nitrogens with zero attached hydrogens (tertiary/aromatic N) is 4. The summed E-state index contributed by atoms with van der Waals surface area (Å²) in [5.41, 5.74) is 16.9. The van der Waals surface area contributed by atoms with Crippen LogP contribution in [0.2, 0.25) is 0 Å². The number of hydrogen-bond donors (Lipinski definition) is 0. The van der Waals surface area contributed by atoms with Crippen molar-refractivity contribution in [2.75, 3.05) is 9.80 Å². The van der Waals surface area contributed by atoms with Crippen molar-refractivity contribution in [2.24, 2.45) is 0 Å². The number of aromatic nitrogens is 2. The van der Waals surface area contributed by atoms with Crippen molar-refractivity contribution in [1.82, 2.24) is 9.55 Å². The van der Waals surface area contributed by atoms with Crippen molar-refractivity contribution in [3.05, 3.63) is 227 Å². The van der Waals surface area contributed by atoms with Gasteiger partial charge in [-0.25, -0.2) is 4.98 Å². The van der Waals surface area contributed by atoms with Crippen LogP contribution in [-0.2, 0) is 42.7 Å². The van der Waals surface area contributed by atoms with Crippen molar-refractivity contribution >= 4 is 38.9 Å². The van der Waals surface area contributed by atoms with Gasteiger partial charge in [-0.1, -0.05) is 206 Å². The van der Waals surface area contributed by atoms with Gasteiger partial charge in [-0.3, -0.25) is 0 Å². The molecular formula is C71H75N4OPt-3. The number of rotatable bonds is 11. The number of benzene rings is 7. The van der Waals surface area contributed by atoms with Gasteiger partial charge in [0, 0.05) is 61.1 Å². The van der Waals surface area contributed by atoms with E-state index in [1.54, 1.807) is 0 Å². The number of fused-ring (bicyclic) bond motifs is 3. The Morgan fingerprint density at radius 3 is 1.78 bits per heavy atom. The monoisotopic (exact) mass is 1190 g/mol. The normalized spacial score (nSPS) is 13.5. The second-order valence-electron chi connectivity index (χ2n) is 25.2. The second-order valence-corrected chi connectivity index (χ2v) is 25.2. The summed E-state index contributed by atoms with van der Waals surface area (Å²) in [6.45, 7) is 36.5. The average molecular weight is 1200 g/mol. The molecule has 6 heteroatoms. The van der Waals surface area contributed by atoms with Gasteiger partial charge in [0.15, 0.2) is 0 Å². The topological polar surface area (TPSA) is 33.5 Å². The van der Waals surface area contributed by atoms with Gasteiger partial charge in [0.25, 0.3) is 0 Å². The summed E-state index contributed by atoms with van der Waals surface area (Å²) in [5.74, 6) is 2.61. The fourth-order valence-electron chi connectivity index (χ4n) is 10.7. The molecule has 9 aromatic rings. The predicted molar refractivity (Wildman–Crippen MR) is 321 cm³/mol. The van der Waals surface area contributed by atoms with E-state index in [-0.39, 0.29) is 54.6 Å². The molecule has 7 aromatic carbocycles. The smallest absolute Gasteiger partial charge is 0.135 e. The first-order chi connectivity index (χ1) is 35.9. The number of ether oxygens (including phenoxy) is 1. The summed E-state index contributed by atoms with van der Waals surface area (Å²) in [7, 11) is 0. The van der Waals surface area contributed by atoms with E-state index in [1.165, 1.54) is 44.5 Å². The third kappa shape index (κ3) is 11.0. The Hall–Kier alpha value is -6.68. The molecule has 0 saturated carbocycles. The van der Waals surface area contributed by atoms with Crippen LogP contribution in [0.3, 0.4) is 0 Å². The largest absolute Gasteiger partial charge is 0.509 e. The molecule has 0 bridgehead atoms. The second kappa shape index (κ2) is 20.9. The van der Waals surface area contributed by atoms with Crippen molar-refractivity contribution in [1.29, 1.82) is 0 Å². The minimum absolute atomic E-state index is 0. The minimum Gasteiger partial charge on any atom is -0.509 e. The van der Waals surface area contributed by atoms with Crippen LogP contribution in [0.15, 0.2) is 164 Å². The van der Waals surface area contributed by atoms with Crippen LogP contribution in [-0.4, -0.2) is 9.55 Å². The molecule has 0 aliphatic carbocycles. The minimum atomic E-state index is -0.244. The van der Waals surface area contributed by atoms with Gasteiger partial charge in [-0.15, -0.1) is 53.6 Å². The first kappa shape index (κ1) is 55.1. The molecule has 0 unspecified atom stereocenters. The molecule has 2 aromatic heterocycles. The summed E-state index contributed by atoms with van der Waals surface area (Å²) in [5, 5.41) is 2.26.